The number of hydrogen-bond acceptors (Lipinski definition) is 5. The van der Waals surface area contributed by atoms with Crippen molar-refractivity contribution in [1.82, 2.24) is 20.7 Å². The van der Waals surface area contributed by atoms with Crippen LogP contribution in [0.2, 0.25) is 0 Å². The number of nitrogens with one attached hydrogen (secondary N) is 2. The number of amides is 1. The lowest BCUT2D eigenvalue weighted by atomic mass is 9.75. The zero-order valence-corrected chi connectivity index (χ0v) is 25.7. The van der Waals surface area contributed by atoms with Gasteiger partial charge in [-0.3, -0.25) is 10.2 Å². The molecular formula is C30H51BrF2N4O2. The van der Waals surface area contributed by atoms with Crippen molar-refractivity contribution in [3.63, 3.8) is 0 Å². The lowest BCUT2D eigenvalue weighted by Gasteiger charge is -2.49. The monoisotopic (exact) mass is 616 g/mol. The van der Waals surface area contributed by atoms with Gasteiger partial charge < -0.3 is 15.3 Å². The van der Waals surface area contributed by atoms with Crippen LogP contribution in [0.1, 0.15) is 97.8 Å². The van der Waals surface area contributed by atoms with Gasteiger partial charge in [-0.25, -0.2) is 13.8 Å². The van der Waals surface area contributed by atoms with Crippen LogP contribution >= 0.6 is 15.9 Å². The second-order valence-corrected chi connectivity index (χ2v) is 14.6. The number of hydrogen-bond donors (Lipinski definition) is 3. The lowest BCUT2D eigenvalue weighted by molar-refractivity contribution is -0.145. The van der Waals surface area contributed by atoms with Crippen molar-refractivity contribution in [2.24, 2.45) is 23.7 Å². The molecule has 0 bridgehead atoms. The number of hydrazine groups is 1. The van der Waals surface area contributed by atoms with Gasteiger partial charge in [0.05, 0.1) is 24.1 Å². The molecule has 11 atom stereocenters. The molecule has 0 radical (unpaired) electrons. The molecule has 0 aromatic rings. The highest BCUT2D eigenvalue weighted by Gasteiger charge is 2.54. The Labute approximate surface area is 242 Å². The van der Waals surface area contributed by atoms with Gasteiger partial charge in [0.2, 0.25) is 5.91 Å². The number of piperidine rings is 1. The summed E-state index contributed by atoms with van der Waals surface area (Å²) in [6.45, 7) is 6.64. The Morgan fingerprint density at radius 1 is 1.05 bits per heavy atom. The molecule has 6 nitrogen and oxygen atoms in total. The van der Waals surface area contributed by atoms with Gasteiger partial charge in [-0.2, -0.15) is 0 Å². The highest BCUT2D eigenvalue weighted by atomic mass is 79.9. The van der Waals surface area contributed by atoms with Gasteiger partial charge in [0.25, 0.3) is 6.43 Å². The number of carbonyl (C=O) groups is 1. The molecule has 5 fully saturated rings. The predicted octanol–water partition coefficient (Wildman–Crippen LogP) is 5.09. The molecule has 1 amide bonds. The minimum Gasteiger partial charge on any atom is -0.391 e. The Hall–Kier alpha value is -0.350. The van der Waals surface area contributed by atoms with E-state index < -0.39 is 12.5 Å². The average Bonchev–Trinajstić information content (AvgIpc) is 3.70. The van der Waals surface area contributed by atoms with E-state index >= 15 is 0 Å². The molecule has 3 N–H and O–H groups in total. The number of rotatable bonds is 9. The number of halogens is 3. The van der Waals surface area contributed by atoms with Gasteiger partial charge in [-0.15, -0.1) is 0 Å². The van der Waals surface area contributed by atoms with Crippen LogP contribution in [0.5, 0.6) is 0 Å². The molecule has 39 heavy (non-hydrogen) atoms. The molecule has 5 aliphatic rings. The van der Waals surface area contributed by atoms with E-state index in [4.69, 9.17) is 0 Å². The first-order valence-electron chi connectivity index (χ1n) is 15.9. The van der Waals surface area contributed by atoms with Crippen molar-refractivity contribution in [1.29, 1.82) is 0 Å². The number of likely N-dealkylation sites (tertiary alicyclic amines) is 1. The van der Waals surface area contributed by atoms with Crippen LogP contribution in [-0.4, -0.2) is 81.1 Å². The van der Waals surface area contributed by atoms with Crippen LogP contribution < -0.4 is 10.7 Å². The van der Waals surface area contributed by atoms with Crippen molar-refractivity contribution in [2.75, 3.05) is 6.54 Å². The van der Waals surface area contributed by atoms with E-state index in [2.05, 4.69) is 50.4 Å². The van der Waals surface area contributed by atoms with E-state index in [1.165, 1.54) is 26.2 Å². The zero-order valence-electron chi connectivity index (χ0n) is 24.1. The molecule has 11 unspecified atom stereocenters. The number of aliphatic hydroxyl groups is 1. The molecule has 0 aromatic carbocycles. The summed E-state index contributed by atoms with van der Waals surface area (Å²) in [7, 11) is 0. The smallest absolute Gasteiger partial charge is 0.253 e. The highest BCUT2D eigenvalue weighted by Crippen LogP contribution is 2.47. The summed E-state index contributed by atoms with van der Waals surface area (Å²) >= 11 is 3.69. The lowest BCUT2D eigenvalue weighted by Crippen LogP contribution is -2.61. The molecule has 2 saturated heterocycles. The van der Waals surface area contributed by atoms with Crippen LogP contribution in [0.25, 0.3) is 0 Å². The van der Waals surface area contributed by atoms with Crippen molar-refractivity contribution < 1.29 is 18.7 Å². The molecule has 2 heterocycles. The van der Waals surface area contributed by atoms with Crippen LogP contribution in [0, 0.1) is 23.7 Å². The zero-order chi connectivity index (χ0) is 27.8. The standard InChI is InChI=1S/C30H51BrF2N4O2/c1-4-6-22-28-24(5-2)36(30(39)21-11-10-20(31)16-23(21)34-17(3)29(32)33)14-13-26(28)37(35-22)25-12-9-19(15-27(25)38)18-7-8-18/h17-29,34-35,38H,4-16H2,1-3H3. The van der Waals surface area contributed by atoms with Crippen LogP contribution in [0.3, 0.4) is 0 Å². The third-order valence-electron chi connectivity index (χ3n) is 10.8. The number of nitrogens with zero attached hydrogens (tertiary/aromatic N) is 2. The summed E-state index contributed by atoms with van der Waals surface area (Å²) in [5.41, 5.74) is 3.88. The van der Waals surface area contributed by atoms with Crippen LogP contribution in [0.4, 0.5) is 8.78 Å². The third-order valence-corrected chi connectivity index (χ3v) is 11.7. The maximum absolute atomic E-state index is 14.2. The number of fused-ring (bicyclic) bond motifs is 1. The topological polar surface area (TPSA) is 67.8 Å². The molecular weight excluding hydrogens is 566 g/mol. The minimum absolute atomic E-state index is 0.125. The molecule has 5 rings (SSSR count). The number of carbonyl (C=O) groups excluding carboxylic acids is 1. The Morgan fingerprint density at radius 2 is 1.79 bits per heavy atom. The van der Waals surface area contributed by atoms with Gasteiger partial charge in [0.15, 0.2) is 0 Å². The fourth-order valence-corrected chi connectivity index (χ4v) is 9.38. The van der Waals surface area contributed by atoms with Crippen molar-refractivity contribution in [3.05, 3.63) is 0 Å². The third kappa shape index (κ3) is 6.37. The largest absolute Gasteiger partial charge is 0.391 e. The Kier molecular flexibility index (Phi) is 9.95. The second kappa shape index (κ2) is 12.9. The summed E-state index contributed by atoms with van der Waals surface area (Å²) in [4.78, 5) is 16.6. The first-order chi connectivity index (χ1) is 18.7. The molecule has 9 heteroatoms. The van der Waals surface area contributed by atoms with E-state index in [0.717, 1.165) is 57.3 Å². The Morgan fingerprint density at radius 3 is 2.44 bits per heavy atom. The number of aliphatic hydroxyl groups excluding tert-OH is 1. The van der Waals surface area contributed by atoms with Crippen molar-refractivity contribution >= 4 is 21.8 Å². The first-order valence-corrected chi connectivity index (χ1v) is 16.9. The van der Waals surface area contributed by atoms with E-state index in [0.29, 0.717) is 36.9 Å². The predicted molar refractivity (Wildman–Crippen MR) is 154 cm³/mol. The highest BCUT2D eigenvalue weighted by molar-refractivity contribution is 9.09. The summed E-state index contributed by atoms with van der Waals surface area (Å²) in [6.07, 6.45) is 9.33. The van der Waals surface area contributed by atoms with Gasteiger partial charge in [-0.05, 0) is 89.4 Å². The number of alkyl halides is 3. The van der Waals surface area contributed by atoms with E-state index in [9.17, 15) is 18.7 Å². The molecule has 224 valence electrons. The molecule has 0 aromatic heterocycles. The summed E-state index contributed by atoms with van der Waals surface area (Å²) in [6, 6.07) is -0.290. The molecule has 0 spiro atoms. The van der Waals surface area contributed by atoms with E-state index in [-0.39, 0.29) is 40.9 Å². The second-order valence-electron chi connectivity index (χ2n) is 13.3. The maximum atomic E-state index is 14.2. The average molecular weight is 618 g/mol. The fraction of sp³-hybridized carbons (Fsp3) is 0.967. The molecule has 2 aliphatic heterocycles. The SMILES string of the molecule is CCCC1NN(C2CCC(C3CC3)CC2O)C2CCN(C(=O)C3CCC(Br)CC3NC(C)C(F)F)C(CC)C12. The van der Waals surface area contributed by atoms with Crippen molar-refractivity contribution in [2.45, 2.75) is 151 Å². The van der Waals surface area contributed by atoms with E-state index in [1.807, 2.05) is 0 Å². The first kappa shape index (κ1) is 30.1. The Bertz CT molecular complexity index is 835. The van der Waals surface area contributed by atoms with Gasteiger partial charge >= 0.3 is 0 Å². The molecule has 3 saturated carbocycles. The molecule has 3 aliphatic carbocycles. The quantitative estimate of drug-likeness (QED) is 0.315. The Balaban J connectivity index is 1.32. The summed E-state index contributed by atoms with van der Waals surface area (Å²) < 4.78 is 26.9. The maximum Gasteiger partial charge on any atom is 0.253 e. The summed E-state index contributed by atoms with van der Waals surface area (Å²) in [5, 5.41) is 16.8. The van der Waals surface area contributed by atoms with Crippen molar-refractivity contribution in [3.8, 4) is 0 Å². The fourth-order valence-electron chi connectivity index (χ4n) is 8.71. The van der Waals surface area contributed by atoms with Gasteiger partial charge in [-0.1, -0.05) is 36.2 Å². The minimum atomic E-state index is -2.45. The van der Waals surface area contributed by atoms with Crippen LogP contribution in [-0.2, 0) is 4.79 Å². The summed E-state index contributed by atoms with van der Waals surface area (Å²) in [5.74, 6) is 1.73. The van der Waals surface area contributed by atoms with Gasteiger partial charge in [0, 0.05) is 41.5 Å². The normalized spacial score (nSPS) is 42.5. The van der Waals surface area contributed by atoms with E-state index in [1.54, 1.807) is 0 Å². The van der Waals surface area contributed by atoms with Gasteiger partial charge in [0.1, 0.15) is 0 Å². The van der Waals surface area contributed by atoms with Crippen LogP contribution in [0.15, 0.2) is 0 Å².